The van der Waals surface area contributed by atoms with Gasteiger partial charge in [0.2, 0.25) is 0 Å². The monoisotopic (exact) mass is 622 g/mol. The zero-order chi connectivity index (χ0) is 31.6. The number of carbonyl (C=O) groups excluding carboxylic acids is 1. The number of amides is 1. The van der Waals surface area contributed by atoms with Gasteiger partial charge in [0.15, 0.2) is 0 Å². The Morgan fingerprint density at radius 3 is 2.50 bits per heavy atom. The first kappa shape index (κ1) is 31.0. The predicted molar refractivity (Wildman–Crippen MR) is 168 cm³/mol. The number of imidazole rings is 1. The standard InChI is InChI=1S/C32H33F3N6O2S/c1-20(23-8-5-6-9-24(23)32(33,34)35)43-27-18-29(44-30(27)31(36)42)41-19-38-25-16-21(10-11-26(25)41)22-12-13-37-28(17-22)40(4)15-7-14-39(2)3/h5-6,8-13,16-20H,7,14-15H2,1-4H3,(H2,36,42). The van der Waals surface area contributed by atoms with E-state index < -0.39 is 23.8 Å². The van der Waals surface area contributed by atoms with Crippen LogP contribution in [0.15, 0.2) is 73.2 Å². The number of aromatic nitrogens is 3. The first-order valence-electron chi connectivity index (χ1n) is 14.0. The summed E-state index contributed by atoms with van der Waals surface area (Å²) in [6.07, 6.45) is -1.09. The first-order valence-corrected chi connectivity index (χ1v) is 14.8. The molecule has 0 radical (unpaired) electrons. The molecule has 12 heteroatoms. The van der Waals surface area contributed by atoms with Crippen molar-refractivity contribution in [2.75, 3.05) is 39.1 Å². The number of primary amides is 1. The van der Waals surface area contributed by atoms with E-state index in [-0.39, 0.29) is 16.2 Å². The lowest BCUT2D eigenvalue weighted by Gasteiger charge is -2.20. The number of halogens is 3. The third-order valence-corrected chi connectivity index (χ3v) is 8.40. The summed E-state index contributed by atoms with van der Waals surface area (Å²) < 4.78 is 48.6. The van der Waals surface area contributed by atoms with Gasteiger partial charge in [-0.3, -0.25) is 9.36 Å². The molecule has 0 aliphatic rings. The number of hydrogen-bond acceptors (Lipinski definition) is 7. The molecule has 2 N–H and O–H groups in total. The summed E-state index contributed by atoms with van der Waals surface area (Å²) in [7, 11) is 6.14. The number of fused-ring (bicyclic) bond motifs is 1. The largest absolute Gasteiger partial charge is 0.484 e. The van der Waals surface area contributed by atoms with Crippen molar-refractivity contribution in [3.63, 3.8) is 0 Å². The van der Waals surface area contributed by atoms with Gasteiger partial charge in [-0.15, -0.1) is 11.3 Å². The number of carbonyl (C=O) groups is 1. The molecule has 1 amide bonds. The van der Waals surface area contributed by atoms with Gasteiger partial charge in [0, 0.05) is 31.4 Å². The van der Waals surface area contributed by atoms with Crippen LogP contribution in [0.25, 0.3) is 27.2 Å². The molecule has 0 fully saturated rings. The molecular weight excluding hydrogens is 589 g/mol. The number of rotatable bonds is 11. The Bertz CT molecular complexity index is 1780. The summed E-state index contributed by atoms with van der Waals surface area (Å²) in [6, 6.07) is 16.7. The molecule has 0 aliphatic heterocycles. The molecule has 0 bridgehead atoms. The van der Waals surface area contributed by atoms with Crippen LogP contribution in [0.1, 0.15) is 40.2 Å². The molecule has 230 valence electrons. The highest BCUT2D eigenvalue weighted by Gasteiger charge is 2.35. The lowest BCUT2D eigenvalue weighted by atomic mass is 10.0. The molecule has 44 heavy (non-hydrogen) atoms. The Hall–Kier alpha value is -4.42. The maximum atomic E-state index is 13.6. The smallest absolute Gasteiger partial charge is 0.416 e. The van der Waals surface area contributed by atoms with Crippen molar-refractivity contribution in [2.24, 2.45) is 5.73 Å². The first-order chi connectivity index (χ1) is 20.9. The van der Waals surface area contributed by atoms with Crippen LogP contribution >= 0.6 is 11.3 Å². The fraction of sp³-hybridized carbons (Fsp3) is 0.281. The molecule has 0 saturated carbocycles. The van der Waals surface area contributed by atoms with Crippen LogP contribution in [0.5, 0.6) is 5.75 Å². The topological polar surface area (TPSA) is 89.5 Å². The number of pyridine rings is 1. The molecule has 3 heterocycles. The molecule has 2 aromatic carbocycles. The molecule has 0 aliphatic carbocycles. The third-order valence-electron chi connectivity index (χ3n) is 7.27. The molecule has 0 spiro atoms. The van der Waals surface area contributed by atoms with Crippen molar-refractivity contribution < 1.29 is 22.7 Å². The quantitative estimate of drug-likeness (QED) is 0.174. The van der Waals surface area contributed by atoms with E-state index in [4.69, 9.17) is 10.5 Å². The van der Waals surface area contributed by atoms with E-state index >= 15 is 0 Å². The summed E-state index contributed by atoms with van der Waals surface area (Å²) in [5.74, 6) is 0.253. The van der Waals surface area contributed by atoms with Crippen LogP contribution in [-0.4, -0.2) is 59.6 Å². The molecule has 1 atom stereocenters. The number of ether oxygens (including phenoxy) is 1. The van der Waals surface area contributed by atoms with Crippen LogP contribution in [-0.2, 0) is 6.18 Å². The summed E-state index contributed by atoms with van der Waals surface area (Å²) in [5, 5.41) is 0.589. The maximum absolute atomic E-state index is 13.6. The van der Waals surface area contributed by atoms with Gasteiger partial charge >= 0.3 is 6.18 Å². The predicted octanol–water partition coefficient (Wildman–Crippen LogP) is 6.79. The molecular formula is C32H33F3N6O2S. The fourth-order valence-electron chi connectivity index (χ4n) is 5.02. The minimum absolute atomic E-state index is 0.0391. The van der Waals surface area contributed by atoms with E-state index in [9.17, 15) is 18.0 Å². The zero-order valence-electron chi connectivity index (χ0n) is 24.8. The molecule has 5 rings (SSSR count). The third kappa shape index (κ3) is 6.71. The number of anilines is 1. The van der Waals surface area contributed by atoms with Crippen molar-refractivity contribution in [1.82, 2.24) is 19.4 Å². The Labute approximate surface area is 257 Å². The summed E-state index contributed by atoms with van der Waals surface area (Å²) >= 11 is 1.09. The summed E-state index contributed by atoms with van der Waals surface area (Å²) in [6.45, 7) is 3.38. The van der Waals surface area contributed by atoms with Gasteiger partial charge in [-0.05, 0) is 75.4 Å². The van der Waals surface area contributed by atoms with Crippen LogP contribution in [0.4, 0.5) is 19.0 Å². The van der Waals surface area contributed by atoms with E-state index in [0.29, 0.717) is 5.00 Å². The molecule has 5 aromatic rings. The Balaban J connectivity index is 1.41. The second-order valence-corrected chi connectivity index (χ2v) is 11.8. The van der Waals surface area contributed by atoms with Gasteiger partial charge in [-0.25, -0.2) is 9.97 Å². The highest BCUT2D eigenvalue weighted by Crippen LogP contribution is 2.39. The van der Waals surface area contributed by atoms with Gasteiger partial charge in [-0.1, -0.05) is 24.3 Å². The number of nitrogens with zero attached hydrogens (tertiary/aromatic N) is 5. The number of hydrogen-bond donors (Lipinski definition) is 1. The van der Waals surface area contributed by atoms with Crippen molar-refractivity contribution in [3.8, 4) is 21.9 Å². The van der Waals surface area contributed by atoms with Gasteiger partial charge < -0.3 is 20.3 Å². The minimum atomic E-state index is -4.55. The van der Waals surface area contributed by atoms with Crippen LogP contribution in [0, 0.1) is 0 Å². The average Bonchev–Trinajstić information content (AvgIpc) is 3.60. The number of nitrogens with two attached hydrogens (primary N) is 1. The van der Waals surface area contributed by atoms with E-state index in [1.165, 1.54) is 25.1 Å². The SMILES string of the molecule is CC(Oc1cc(-n2cnc3cc(-c4ccnc(N(C)CCCN(C)C)c4)ccc32)sc1C(N)=O)c1ccccc1C(F)(F)F. The molecule has 3 aromatic heterocycles. The molecule has 1 unspecified atom stereocenters. The number of benzene rings is 2. The normalized spacial score (nSPS) is 12.5. The van der Waals surface area contributed by atoms with E-state index in [0.717, 1.165) is 64.9 Å². The second-order valence-electron chi connectivity index (χ2n) is 10.8. The fourth-order valence-corrected chi connectivity index (χ4v) is 5.94. The van der Waals surface area contributed by atoms with Crippen LogP contribution in [0.3, 0.4) is 0 Å². The Kier molecular flexibility index (Phi) is 8.93. The summed E-state index contributed by atoms with van der Waals surface area (Å²) in [5.41, 5.74) is 8.29. The van der Waals surface area contributed by atoms with Crippen molar-refractivity contribution in [2.45, 2.75) is 25.6 Å². The summed E-state index contributed by atoms with van der Waals surface area (Å²) in [4.78, 5) is 25.8. The van der Waals surface area contributed by atoms with Gasteiger partial charge in [0.05, 0.1) is 16.6 Å². The zero-order valence-corrected chi connectivity index (χ0v) is 25.6. The maximum Gasteiger partial charge on any atom is 0.416 e. The van der Waals surface area contributed by atoms with Gasteiger partial charge in [0.1, 0.15) is 33.9 Å². The van der Waals surface area contributed by atoms with Crippen LogP contribution in [0.2, 0.25) is 0 Å². The van der Waals surface area contributed by atoms with Gasteiger partial charge in [-0.2, -0.15) is 13.2 Å². The number of alkyl halides is 3. The van der Waals surface area contributed by atoms with E-state index in [1.807, 2.05) is 37.4 Å². The Morgan fingerprint density at radius 1 is 1.02 bits per heavy atom. The second kappa shape index (κ2) is 12.7. The minimum Gasteiger partial charge on any atom is -0.484 e. The average molecular weight is 623 g/mol. The van der Waals surface area contributed by atoms with E-state index in [1.54, 1.807) is 23.2 Å². The highest BCUT2D eigenvalue weighted by molar-refractivity contribution is 7.16. The number of thiophene rings is 1. The molecule has 8 nitrogen and oxygen atoms in total. The lowest BCUT2D eigenvalue weighted by molar-refractivity contribution is -0.139. The molecule has 0 saturated heterocycles. The van der Waals surface area contributed by atoms with Crippen molar-refractivity contribution in [3.05, 3.63) is 89.2 Å². The van der Waals surface area contributed by atoms with Gasteiger partial charge in [0.25, 0.3) is 5.91 Å². The van der Waals surface area contributed by atoms with Crippen molar-refractivity contribution in [1.29, 1.82) is 0 Å². The highest BCUT2D eigenvalue weighted by atomic mass is 32.1. The van der Waals surface area contributed by atoms with E-state index in [2.05, 4.69) is 33.9 Å². The van der Waals surface area contributed by atoms with Crippen molar-refractivity contribution >= 4 is 34.1 Å². The Morgan fingerprint density at radius 2 is 1.77 bits per heavy atom. The van der Waals surface area contributed by atoms with Crippen LogP contribution < -0.4 is 15.4 Å². The lowest BCUT2D eigenvalue weighted by Crippen LogP contribution is -2.23.